The highest BCUT2D eigenvalue weighted by atomic mass is 32.2. The van der Waals surface area contributed by atoms with Gasteiger partial charge in [-0.15, -0.1) is 5.01 Å². The molecule has 1 aliphatic rings. The van der Waals surface area contributed by atoms with E-state index in [4.69, 9.17) is 9.26 Å². The number of carbonyl (C=O) groups is 2. The number of benzene rings is 1. The van der Waals surface area contributed by atoms with Crippen molar-refractivity contribution in [2.75, 3.05) is 36.9 Å². The summed E-state index contributed by atoms with van der Waals surface area (Å²) in [6.07, 6.45) is 1.13. The van der Waals surface area contributed by atoms with Crippen molar-refractivity contribution in [2.45, 2.75) is 13.5 Å². The summed E-state index contributed by atoms with van der Waals surface area (Å²) in [6, 6.07) is 9.50. The van der Waals surface area contributed by atoms with E-state index in [0.717, 1.165) is 17.3 Å². The smallest absolute Gasteiger partial charge is 0.410 e. The summed E-state index contributed by atoms with van der Waals surface area (Å²) in [5.74, 6) is -0.455. The monoisotopic (exact) mass is 419 g/mol. The van der Waals surface area contributed by atoms with E-state index in [1.807, 2.05) is 35.3 Å². The number of hydrogen-bond acceptors (Lipinski definition) is 9. The molecule has 2 heterocycles. The molecule has 29 heavy (non-hydrogen) atoms. The van der Waals surface area contributed by atoms with Gasteiger partial charge in [-0.05, 0) is 11.5 Å². The van der Waals surface area contributed by atoms with Crippen molar-refractivity contribution in [1.29, 1.82) is 0 Å². The Morgan fingerprint density at radius 2 is 2.00 bits per heavy atom. The number of carbonyl (C=O) groups excluding carboxylic acids is 2. The number of thioether (sulfide) groups is 1. The molecule has 0 spiro atoms. The standard InChI is InChI=1S/C18H21N5O5S/c1-14(24)29-13-16(25)19-17-11-23(20-28-17)22-9-7-21(8-10-22)18(26)27-12-15-5-3-2-4-6-15/h2-6,11H,7-10,12-13H2,1H3. The predicted molar refractivity (Wildman–Crippen MR) is 103 cm³/mol. The van der Waals surface area contributed by atoms with Gasteiger partial charge in [0.05, 0.1) is 17.9 Å². The van der Waals surface area contributed by atoms with Gasteiger partial charge in [0, 0.05) is 25.8 Å². The molecular formula is C18H21N5O5S. The number of aromatic nitrogens is 2. The van der Waals surface area contributed by atoms with Gasteiger partial charge < -0.3 is 14.7 Å². The first-order valence-corrected chi connectivity index (χ1v) is 9.97. The molecule has 1 amide bonds. The Kier molecular flexibility index (Phi) is 7.06. The predicted octanol–water partition coefficient (Wildman–Crippen LogP) is 0.223. The van der Waals surface area contributed by atoms with Gasteiger partial charge in [0.2, 0.25) is 5.27 Å². The lowest BCUT2D eigenvalue weighted by molar-refractivity contribution is -0.759. The largest absolute Gasteiger partial charge is 0.861 e. The molecular weight excluding hydrogens is 398 g/mol. The Balaban J connectivity index is 1.47. The molecule has 1 aromatic heterocycles. The minimum Gasteiger partial charge on any atom is -0.861 e. The first kappa shape index (κ1) is 20.6. The second-order valence-corrected chi connectivity index (χ2v) is 7.38. The second-order valence-electron chi connectivity index (χ2n) is 6.23. The van der Waals surface area contributed by atoms with E-state index in [2.05, 4.69) is 10.3 Å². The summed E-state index contributed by atoms with van der Waals surface area (Å²) >= 11 is 0.888. The Bertz CT molecular complexity index is 865. The highest BCUT2D eigenvalue weighted by Crippen LogP contribution is 2.09. The Morgan fingerprint density at radius 3 is 2.69 bits per heavy atom. The summed E-state index contributed by atoms with van der Waals surface area (Å²) in [7, 11) is 0. The third kappa shape index (κ3) is 6.21. The molecule has 11 heteroatoms. The Morgan fingerprint density at radius 1 is 1.28 bits per heavy atom. The molecule has 0 bridgehead atoms. The molecule has 0 unspecified atom stereocenters. The number of aliphatic imine (C=N–C) groups is 1. The topological polar surface area (TPSA) is 115 Å². The molecule has 1 fully saturated rings. The van der Waals surface area contributed by atoms with E-state index in [-0.39, 0.29) is 29.5 Å². The van der Waals surface area contributed by atoms with Crippen LogP contribution >= 0.6 is 11.8 Å². The van der Waals surface area contributed by atoms with Gasteiger partial charge in [-0.25, -0.2) is 9.79 Å². The van der Waals surface area contributed by atoms with E-state index in [0.29, 0.717) is 26.2 Å². The first-order chi connectivity index (χ1) is 14.0. The maximum atomic E-state index is 12.2. The molecule has 0 N–H and O–H groups in total. The molecule has 2 aromatic rings. The SMILES string of the molecule is CC(=O)SCC([O-])=Nc1c[n+](N2CCN(C(=O)OCc3ccccc3)CC2)no1. The maximum Gasteiger partial charge on any atom is 0.410 e. The van der Waals surface area contributed by atoms with Crippen LogP contribution in [0.1, 0.15) is 12.5 Å². The lowest BCUT2D eigenvalue weighted by Gasteiger charge is -2.29. The number of rotatable bonds is 6. The van der Waals surface area contributed by atoms with E-state index in [1.54, 1.807) is 4.90 Å². The zero-order chi connectivity index (χ0) is 20.6. The van der Waals surface area contributed by atoms with Gasteiger partial charge in [0.15, 0.2) is 5.12 Å². The Labute approximate surface area is 171 Å². The van der Waals surface area contributed by atoms with Crippen LogP contribution in [0.5, 0.6) is 0 Å². The number of nitrogens with zero attached hydrogens (tertiary/aromatic N) is 5. The maximum absolute atomic E-state index is 12.2. The zero-order valence-electron chi connectivity index (χ0n) is 15.9. The summed E-state index contributed by atoms with van der Waals surface area (Å²) in [5.41, 5.74) is 0.935. The minimum absolute atomic E-state index is 0.0419. The second kappa shape index (κ2) is 9.92. The normalized spacial score (nSPS) is 14.7. The molecule has 3 rings (SSSR count). The highest BCUT2D eigenvalue weighted by molar-refractivity contribution is 8.14. The third-order valence-corrected chi connectivity index (χ3v) is 4.88. The van der Waals surface area contributed by atoms with Crippen LogP contribution in [-0.2, 0) is 16.1 Å². The summed E-state index contributed by atoms with van der Waals surface area (Å²) in [6.45, 7) is 3.59. The quantitative estimate of drug-likeness (QED) is 0.371. The van der Waals surface area contributed by atoms with Crippen LogP contribution < -0.4 is 14.9 Å². The van der Waals surface area contributed by atoms with Crippen molar-refractivity contribution in [3.8, 4) is 0 Å². The first-order valence-electron chi connectivity index (χ1n) is 8.99. The van der Waals surface area contributed by atoms with Gasteiger partial charge in [-0.1, -0.05) is 42.1 Å². The van der Waals surface area contributed by atoms with Crippen LogP contribution in [0.25, 0.3) is 0 Å². The van der Waals surface area contributed by atoms with Crippen molar-refractivity contribution in [3.05, 3.63) is 42.1 Å². The molecule has 0 atom stereocenters. The molecule has 154 valence electrons. The lowest BCUT2D eigenvalue weighted by atomic mass is 10.2. The Hall–Kier alpha value is -3.08. The van der Waals surface area contributed by atoms with Crippen molar-refractivity contribution < 1.29 is 28.7 Å². The van der Waals surface area contributed by atoms with Gasteiger partial charge in [0.25, 0.3) is 6.20 Å². The fourth-order valence-corrected chi connectivity index (χ4v) is 3.02. The number of amides is 1. The fraction of sp³-hybridized carbons (Fsp3) is 0.389. The van der Waals surface area contributed by atoms with Crippen LogP contribution in [0.2, 0.25) is 0 Å². The van der Waals surface area contributed by atoms with Crippen molar-refractivity contribution >= 4 is 34.8 Å². The minimum atomic E-state index is -0.473. The van der Waals surface area contributed by atoms with Crippen molar-refractivity contribution in [2.24, 2.45) is 4.99 Å². The lowest BCUT2D eigenvalue weighted by Crippen LogP contribution is -2.65. The molecule has 0 saturated carbocycles. The van der Waals surface area contributed by atoms with Crippen molar-refractivity contribution in [3.63, 3.8) is 0 Å². The van der Waals surface area contributed by atoms with Crippen LogP contribution in [0.4, 0.5) is 10.7 Å². The molecule has 1 aromatic carbocycles. The molecule has 1 aliphatic heterocycles. The van der Waals surface area contributed by atoms with Gasteiger partial charge in [0.1, 0.15) is 6.61 Å². The van der Waals surface area contributed by atoms with E-state index in [9.17, 15) is 14.7 Å². The van der Waals surface area contributed by atoms with Crippen LogP contribution in [-0.4, -0.2) is 59.2 Å². The number of ether oxygens (including phenoxy) is 1. The van der Waals surface area contributed by atoms with Gasteiger partial charge in [-0.3, -0.25) is 9.32 Å². The molecule has 0 aliphatic carbocycles. The van der Waals surface area contributed by atoms with Crippen molar-refractivity contribution in [1.82, 2.24) is 10.2 Å². The summed E-state index contributed by atoms with van der Waals surface area (Å²) in [4.78, 5) is 30.0. The summed E-state index contributed by atoms with van der Waals surface area (Å²) < 4.78 is 10.4. The van der Waals surface area contributed by atoms with Gasteiger partial charge in [-0.2, -0.15) is 0 Å². The number of piperazine rings is 1. The average molecular weight is 419 g/mol. The fourth-order valence-electron chi connectivity index (χ4n) is 2.62. The molecule has 1 saturated heterocycles. The zero-order valence-corrected chi connectivity index (χ0v) is 16.7. The molecule has 10 nitrogen and oxygen atoms in total. The van der Waals surface area contributed by atoms with E-state index in [1.165, 1.54) is 17.9 Å². The van der Waals surface area contributed by atoms with Crippen LogP contribution in [0.3, 0.4) is 0 Å². The molecule has 0 radical (unpaired) electrons. The van der Waals surface area contributed by atoms with E-state index >= 15 is 0 Å². The average Bonchev–Trinajstić information content (AvgIpc) is 3.20. The van der Waals surface area contributed by atoms with Crippen LogP contribution in [0, 0.1) is 0 Å². The van der Waals surface area contributed by atoms with E-state index < -0.39 is 5.90 Å². The summed E-state index contributed by atoms with van der Waals surface area (Å²) in [5, 5.41) is 17.2. The highest BCUT2D eigenvalue weighted by Gasteiger charge is 2.28. The number of hydrogen-bond donors (Lipinski definition) is 0. The van der Waals surface area contributed by atoms with Gasteiger partial charge >= 0.3 is 12.0 Å². The third-order valence-electron chi connectivity index (χ3n) is 4.09. The van der Waals surface area contributed by atoms with Crippen LogP contribution in [0.15, 0.2) is 46.0 Å².